The lowest BCUT2D eigenvalue weighted by Gasteiger charge is -2.25. The summed E-state index contributed by atoms with van der Waals surface area (Å²) in [6.07, 6.45) is -1.17. The zero-order valence-electron chi connectivity index (χ0n) is 14.0. The van der Waals surface area contributed by atoms with Crippen molar-refractivity contribution >= 4 is 12.2 Å². The van der Waals surface area contributed by atoms with E-state index in [4.69, 9.17) is 14.3 Å². The van der Waals surface area contributed by atoms with Crippen LogP contribution in [0.4, 0.5) is 9.59 Å². The molecule has 1 aromatic carbocycles. The van der Waals surface area contributed by atoms with E-state index in [0.29, 0.717) is 0 Å². The maximum absolute atomic E-state index is 11.8. The van der Waals surface area contributed by atoms with E-state index in [-0.39, 0.29) is 19.7 Å². The Balaban J connectivity index is 2.28. The van der Waals surface area contributed by atoms with Crippen LogP contribution < -0.4 is 5.32 Å². The first kappa shape index (κ1) is 18.8. The summed E-state index contributed by atoms with van der Waals surface area (Å²) in [7, 11) is 1.36. The SMILES string of the molecule is CON(CCNC(=O)OCc1ccccc1)C(=O)OC(C)(C)C. The van der Waals surface area contributed by atoms with Gasteiger partial charge in [0.2, 0.25) is 0 Å². The second kappa shape index (κ2) is 8.99. The van der Waals surface area contributed by atoms with Crippen LogP contribution in [0.15, 0.2) is 30.3 Å². The Morgan fingerprint density at radius 1 is 1.17 bits per heavy atom. The molecule has 1 rings (SSSR count). The predicted molar refractivity (Wildman–Crippen MR) is 84.6 cm³/mol. The van der Waals surface area contributed by atoms with Gasteiger partial charge in [-0.2, -0.15) is 5.06 Å². The molecule has 1 aromatic rings. The van der Waals surface area contributed by atoms with Crippen molar-refractivity contribution in [2.24, 2.45) is 0 Å². The van der Waals surface area contributed by atoms with Crippen LogP contribution in [-0.4, -0.2) is 43.1 Å². The largest absolute Gasteiger partial charge is 0.445 e. The molecule has 0 radical (unpaired) electrons. The second-order valence-corrected chi connectivity index (χ2v) is 5.75. The molecular formula is C16H24N2O5. The third-order valence-electron chi connectivity index (χ3n) is 2.61. The summed E-state index contributed by atoms with van der Waals surface area (Å²) in [5.41, 5.74) is 0.283. The van der Waals surface area contributed by atoms with Crippen LogP contribution in [0.25, 0.3) is 0 Å². The number of ether oxygens (including phenoxy) is 2. The molecule has 0 aliphatic carbocycles. The number of hydroxylamine groups is 2. The first-order chi connectivity index (χ1) is 10.8. The van der Waals surface area contributed by atoms with E-state index in [1.807, 2.05) is 30.3 Å². The third kappa shape index (κ3) is 8.06. The predicted octanol–water partition coefficient (Wildman–Crippen LogP) is 2.71. The number of amides is 2. The highest BCUT2D eigenvalue weighted by molar-refractivity contribution is 5.68. The van der Waals surface area contributed by atoms with Gasteiger partial charge in [0.1, 0.15) is 12.2 Å². The van der Waals surface area contributed by atoms with Crippen LogP contribution in [0.5, 0.6) is 0 Å². The lowest BCUT2D eigenvalue weighted by atomic mass is 10.2. The molecule has 0 heterocycles. The zero-order chi connectivity index (χ0) is 17.3. The number of nitrogens with one attached hydrogen (secondary N) is 1. The molecule has 0 bridgehead atoms. The highest BCUT2D eigenvalue weighted by Crippen LogP contribution is 2.09. The maximum Gasteiger partial charge on any atom is 0.434 e. The number of alkyl carbamates (subject to hydrolysis) is 1. The quantitative estimate of drug-likeness (QED) is 0.814. The van der Waals surface area contributed by atoms with Crippen molar-refractivity contribution in [1.29, 1.82) is 0 Å². The summed E-state index contributed by atoms with van der Waals surface area (Å²) in [5.74, 6) is 0. The minimum atomic E-state index is -0.615. The van der Waals surface area contributed by atoms with Gasteiger partial charge in [-0.15, -0.1) is 0 Å². The van der Waals surface area contributed by atoms with E-state index in [1.165, 1.54) is 7.11 Å². The van der Waals surface area contributed by atoms with Crippen LogP contribution in [0.3, 0.4) is 0 Å². The molecule has 1 N–H and O–H groups in total. The average Bonchev–Trinajstić information content (AvgIpc) is 2.48. The minimum Gasteiger partial charge on any atom is -0.445 e. The molecule has 0 aliphatic rings. The van der Waals surface area contributed by atoms with E-state index < -0.39 is 17.8 Å². The molecule has 2 amide bonds. The fourth-order valence-electron chi connectivity index (χ4n) is 1.60. The van der Waals surface area contributed by atoms with Crippen LogP contribution in [0.2, 0.25) is 0 Å². The van der Waals surface area contributed by atoms with Crippen LogP contribution >= 0.6 is 0 Å². The normalized spacial score (nSPS) is 10.8. The summed E-state index contributed by atoms with van der Waals surface area (Å²) >= 11 is 0. The standard InChI is InChI=1S/C16H24N2O5/c1-16(2,3)23-15(20)18(21-4)11-10-17-14(19)22-12-13-8-6-5-7-9-13/h5-9H,10-12H2,1-4H3,(H,17,19). The first-order valence-electron chi connectivity index (χ1n) is 7.31. The van der Waals surface area contributed by atoms with Crippen molar-refractivity contribution in [1.82, 2.24) is 10.4 Å². The molecule has 0 spiro atoms. The van der Waals surface area contributed by atoms with Gasteiger partial charge in [0, 0.05) is 6.54 Å². The Morgan fingerprint density at radius 2 is 1.83 bits per heavy atom. The summed E-state index contributed by atoms with van der Waals surface area (Å²) in [5, 5.41) is 3.58. The Bertz CT molecular complexity index is 499. The van der Waals surface area contributed by atoms with Crippen molar-refractivity contribution in [3.8, 4) is 0 Å². The molecule has 0 atom stereocenters. The van der Waals surface area contributed by atoms with Gasteiger partial charge in [0.25, 0.3) is 0 Å². The van der Waals surface area contributed by atoms with Gasteiger partial charge < -0.3 is 14.8 Å². The lowest BCUT2D eigenvalue weighted by Crippen LogP contribution is -2.40. The fourth-order valence-corrected chi connectivity index (χ4v) is 1.60. The van der Waals surface area contributed by atoms with E-state index in [0.717, 1.165) is 10.6 Å². The fraction of sp³-hybridized carbons (Fsp3) is 0.500. The summed E-state index contributed by atoms with van der Waals surface area (Å²) in [4.78, 5) is 28.3. The van der Waals surface area contributed by atoms with E-state index in [9.17, 15) is 9.59 Å². The second-order valence-electron chi connectivity index (χ2n) is 5.75. The van der Waals surface area contributed by atoms with E-state index in [2.05, 4.69) is 5.32 Å². The number of rotatable bonds is 6. The molecule has 0 aromatic heterocycles. The van der Waals surface area contributed by atoms with Gasteiger partial charge in [-0.1, -0.05) is 30.3 Å². The molecule has 7 heteroatoms. The van der Waals surface area contributed by atoms with Crippen molar-refractivity contribution < 1.29 is 23.9 Å². The maximum atomic E-state index is 11.8. The zero-order valence-corrected chi connectivity index (χ0v) is 14.0. The smallest absolute Gasteiger partial charge is 0.434 e. The highest BCUT2D eigenvalue weighted by atomic mass is 16.7. The number of benzene rings is 1. The number of nitrogens with zero attached hydrogens (tertiary/aromatic N) is 1. The molecule has 0 aliphatic heterocycles. The summed E-state index contributed by atoms with van der Waals surface area (Å²) in [6, 6.07) is 9.35. The van der Waals surface area contributed by atoms with Gasteiger partial charge in [0.05, 0.1) is 13.7 Å². The summed E-state index contributed by atoms with van der Waals surface area (Å²) < 4.78 is 10.2. The number of hydrogen-bond donors (Lipinski definition) is 1. The van der Waals surface area contributed by atoms with Crippen LogP contribution in [0.1, 0.15) is 26.3 Å². The number of carbonyl (C=O) groups excluding carboxylic acids is 2. The van der Waals surface area contributed by atoms with Crippen molar-refractivity contribution in [3.63, 3.8) is 0 Å². The van der Waals surface area contributed by atoms with Crippen molar-refractivity contribution in [3.05, 3.63) is 35.9 Å². The monoisotopic (exact) mass is 324 g/mol. The molecular weight excluding hydrogens is 300 g/mol. The van der Waals surface area contributed by atoms with E-state index in [1.54, 1.807) is 20.8 Å². The number of hydrogen-bond acceptors (Lipinski definition) is 5. The average molecular weight is 324 g/mol. The van der Waals surface area contributed by atoms with Gasteiger partial charge in [-0.25, -0.2) is 9.59 Å². The van der Waals surface area contributed by atoms with Crippen molar-refractivity contribution in [2.75, 3.05) is 20.2 Å². The summed E-state index contributed by atoms with van der Waals surface area (Å²) in [6.45, 7) is 5.80. The number of carbonyl (C=O) groups is 2. The Labute approximate surface area is 136 Å². The van der Waals surface area contributed by atoms with Crippen LogP contribution in [-0.2, 0) is 20.9 Å². The molecule has 0 unspecified atom stereocenters. The topological polar surface area (TPSA) is 77.1 Å². The lowest BCUT2D eigenvalue weighted by molar-refractivity contribution is -0.122. The van der Waals surface area contributed by atoms with Gasteiger partial charge in [0.15, 0.2) is 0 Å². The molecule has 23 heavy (non-hydrogen) atoms. The highest BCUT2D eigenvalue weighted by Gasteiger charge is 2.22. The minimum absolute atomic E-state index is 0.145. The molecule has 7 nitrogen and oxygen atoms in total. The third-order valence-corrected chi connectivity index (χ3v) is 2.61. The Hall–Kier alpha value is -2.28. The Morgan fingerprint density at radius 3 is 2.39 bits per heavy atom. The van der Waals surface area contributed by atoms with Gasteiger partial charge in [-0.05, 0) is 26.3 Å². The molecule has 0 saturated carbocycles. The van der Waals surface area contributed by atoms with Gasteiger partial charge in [-0.3, -0.25) is 4.84 Å². The molecule has 0 saturated heterocycles. The first-order valence-corrected chi connectivity index (χ1v) is 7.31. The van der Waals surface area contributed by atoms with Gasteiger partial charge >= 0.3 is 12.2 Å². The Kier molecular flexibility index (Phi) is 7.34. The van der Waals surface area contributed by atoms with E-state index >= 15 is 0 Å². The van der Waals surface area contributed by atoms with Crippen LogP contribution in [0, 0.1) is 0 Å². The molecule has 128 valence electrons. The van der Waals surface area contributed by atoms with Crippen molar-refractivity contribution in [2.45, 2.75) is 33.0 Å². The molecule has 0 fully saturated rings.